The van der Waals surface area contributed by atoms with Gasteiger partial charge < -0.3 is 14.7 Å². The van der Waals surface area contributed by atoms with E-state index in [9.17, 15) is 5.11 Å². The number of ether oxygens (including phenoxy) is 1. The van der Waals surface area contributed by atoms with Crippen molar-refractivity contribution in [3.63, 3.8) is 0 Å². The van der Waals surface area contributed by atoms with Crippen molar-refractivity contribution in [2.75, 3.05) is 33.4 Å². The molecule has 2 unspecified atom stereocenters. The second-order valence-electron chi connectivity index (χ2n) is 5.95. The fourth-order valence-electron chi connectivity index (χ4n) is 3.33. The van der Waals surface area contributed by atoms with Crippen LogP contribution in [0.5, 0.6) is 0 Å². The Bertz CT molecular complexity index is 593. The average molecular weight is 285 g/mol. The molecule has 0 aliphatic carbocycles. The molecule has 1 aliphatic rings. The van der Waals surface area contributed by atoms with Crippen molar-refractivity contribution in [3.8, 4) is 0 Å². The number of nitrogens with zero attached hydrogens (tertiary/aromatic N) is 1. The Morgan fingerprint density at radius 2 is 2.05 bits per heavy atom. The summed E-state index contributed by atoms with van der Waals surface area (Å²) in [6.07, 6.45) is 0.730. The Morgan fingerprint density at radius 3 is 2.90 bits per heavy atom. The molecule has 1 N–H and O–H groups in total. The standard InChI is InChI=1S/C18H23NO2/c1-21-13-14-9-10-19(11-14)12-18(20)17-8-4-6-15-5-2-3-7-16(15)17/h2-8,14,18,20H,9-13H2,1H3. The van der Waals surface area contributed by atoms with Gasteiger partial charge in [0.2, 0.25) is 0 Å². The van der Waals surface area contributed by atoms with Crippen LogP contribution in [0.4, 0.5) is 0 Å². The summed E-state index contributed by atoms with van der Waals surface area (Å²) in [5.41, 5.74) is 1.03. The molecule has 0 spiro atoms. The van der Waals surface area contributed by atoms with Gasteiger partial charge in [-0.2, -0.15) is 0 Å². The molecule has 1 heterocycles. The summed E-state index contributed by atoms with van der Waals surface area (Å²) in [4.78, 5) is 2.34. The number of benzene rings is 2. The van der Waals surface area contributed by atoms with Crippen LogP contribution < -0.4 is 0 Å². The Labute approximate surface area is 126 Å². The number of methoxy groups -OCH3 is 1. The third-order valence-electron chi connectivity index (χ3n) is 4.39. The molecule has 3 rings (SSSR count). The van der Waals surface area contributed by atoms with Gasteiger partial charge in [0.1, 0.15) is 0 Å². The van der Waals surface area contributed by atoms with Crippen molar-refractivity contribution in [2.45, 2.75) is 12.5 Å². The van der Waals surface area contributed by atoms with Gasteiger partial charge in [0.25, 0.3) is 0 Å². The first kappa shape index (κ1) is 14.5. The van der Waals surface area contributed by atoms with Crippen LogP contribution in [-0.2, 0) is 4.74 Å². The molecule has 3 nitrogen and oxygen atoms in total. The van der Waals surface area contributed by atoms with E-state index in [0.717, 1.165) is 37.1 Å². The molecule has 0 amide bonds. The quantitative estimate of drug-likeness (QED) is 0.917. The summed E-state index contributed by atoms with van der Waals surface area (Å²) in [5, 5.41) is 13.0. The summed E-state index contributed by atoms with van der Waals surface area (Å²) in [6, 6.07) is 14.4. The van der Waals surface area contributed by atoms with Gasteiger partial charge >= 0.3 is 0 Å². The van der Waals surface area contributed by atoms with Gasteiger partial charge in [0, 0.05) is 20.2 Å². The van der Waals surface area contributed by atoms with Crippen LogP contribution in [0.25, 0.3) is 10.8 Å². The second kappa shape index (κ2) is 6.56. The van der Waals surface area contributed by atoms with Crippen molar-refractivity contribution in [3.05, 3.63) is 48.0 Å². The molecular formula is C18H23NO2. The predicted molar refractivity (Wildman–Crippen MR) is 85.3 cm³/mol. The lowest BCUT2D eigenvalue weighted by molar-refractivity contribution is 0.116. The van der Waals surface area contributed by atoms with Gasteiger partial charge in [-0.3, -0.25) is 0 Å². The van der Waals surface area contributed by atoms with Crippen molar-refractivity contribution in [1.29, 1.82) is 0 Å². The van der Waals surface area contributed by atoms with Crippen molar-refractivity contribution < 1.29 is 9.84 Å². The molecule has 2 aromatic carbocycles. The van der Waals surface area contributed by atoms with Crippen molar-refractivity contribution in [2.24, 2.45) is 5.92 Å². The van der Waals surface area contributed by atoms with Gasteiger partial charge in [-0.05, 0) is 35.2 Å². The molecule has 1 fully saturated rings. The van der Waals surface area contributed by atoms with Crippen LogP contribution in [-0.4, -0.2) is 43.4 Å². The van der Waals surface area contributed by atoms with E-state index in [1.807, 2.05) is 24.3 Å². The molecule has 21 heavy (non-hydrogen) atoms. The molecule has 112 valence electrons. The highest BCUT2D eigenvalue weighted by Gasteiger charge is 2.24. The maximum absolute atomic E-state index is 10.6. The van der Waals surface area contributed by atoms with E-state index >= 15 is 0 Å². The summed E-state index contributed by atoms with van der Waals surface area (Å²) in [7, 11) is 1.76. The average Bonchev–Trinajstić information content (AvgIpc) is 2.94. The molecular weight excluding hydrogens is 262 g/mol. The van der Waals surface area contributed by atoms with Crippen molar-refractivity contribution >= 4 is 10.8 Å². The largest absolute Gasteiger partial charge is 0.387 e. The topological polar surface area (TPSA) is 32.7 Å². The Morgan fingerprint density at radius 1 is 1.24 bits per heavy atom. The van der Waals surface area contributed by atoms with Gasteiger partial charge in [0.15, 0.2) is 0 Å². The zero-order chi connectivity index (χ0) is 14.7. The second-order valence-corrected chi connectivity index (χ2v) is 5.95. The number of rotatable bonds is 5. The smallest absolute Gasteiger partial charge is 0.0922 e. The van der Waals surface area contributed by atoms with E-state index in [0.29, 0.717) is 12.5 Å². The molecule has 0 radical (unpaired) electrons. The third kappa shape index (κ3) is 3.26. The molecule has 2 atom stereocenters. The van der Waals surface area contributed by atoms with Crippen LogP contribution in [0, 0.1) is 5.92 Å². The lowest BCUT2D eigenvalue weighted by atomic mass is 10.0. The van der Waals surface area contributed by atoms with Crippen LogP contribution in [0.2, 0.25) is 0 Å². The highest BCUT2D eigenvalue weighted by molar-refractivity contribution is 5.85. The summed E-state index contributed by atoms with van der Waals surface area (Å²) < 4.78 is 5.23. The van der Waals surface area contributed by atoms with Crippen LogP contribution in [0.3, 0.4) is 0 Å². The number of aliphatic hydroxyl groups is 1. The van der Waals surface area contributed by atoms with E-state index in [1.54, 1.807) is 7.11 Å². The van der Waals surface area contributed by atoms with E-state index in [1.165, 1.54) is 5.39 Å². The zero-order valence-corrected chi connectivity index (χ0v) is 12.5. The van der Waals surface area contributed by atoms with Gasteiger partial charge in [-0.15, -0.1) is 0 Å². The minimum absolute atomic E-state index is 0.433. The Balaban J connectivity index is 1.71. The highest BCUT2D eigenvalue weighted by Crippen LogP contribution is 2.26. The van der Waals surface area contributed by atoms with E-state index in [4.69, 9.17) is 4.74 Å². The maximum atomic E-state index is 10.6. The fourth-order valence-corrected chi connectivity index (χ4v) is 3.33. The van der Waals surface area contributed by atoms with Crippen LogP contribution in [0.15, 0.2) is 42.5 Å². The number of likely N-dealkylation sites (tertiary alicyclic amines) is 1. The van der Waals surface area contributed by atoms with E-state index < -0.39 is 6.10 Å². The zero-order valence-electron chi connectivity index (χ0n) is 12.5. The van der Waals surface area contributed by atoms with E-state index in [-0.39, 0.29) is 0 Å². The monoisotopic (exact) mass is 285 g/mol. The molecule has 3 heteroatoms. The predicted octanol–water partition coefficient (Wildman–Crippen LogP) is 2.84. The first-order chi connectivity index (χ1) is 10.3. The lowest BCUT2D eigenvalue weighted by Crippen LogP contribution is -2.27. The molecule has 0 aromatic heterocycles. The highest BCUT2D eigenvalue weighted by atomic mass is 16.5. The third-order valence-corrected chi connectivity index (χ3v) is 4.39. The summed E-state index contributed by atoms with van der Waals surface area (Å²) >= 11 is 0. The number of β-amino-alcohol motifs (C(OH)–C–C–N with tert-alkyl or cyclic N) is 1. The minimum atomic E-state index is -0.433. The van der Waals surface area contributed by atoms with E-state index in [2.05, 4.69) is 23.1 Å². The number of hydrogen-bond donors (Lipinski definition) is 1. The Kier molecular flexibility index (Phi) is 4.54. The molecule has 1 saturated heterocycles. The van der Waals surface area contributed by atoms with Gasteiger partial charge in [0.05, 0.1) is 12.7 Å². The number of hydrogen-bond acceptors (Lipinski definition) is 3. The fraction of sp³-hybridized carbons (Fsp3) is 0.444. The normalized spacial score (nSPS) is 21.0. The van der Waals surface area contributed by atoms with Crippen LogP contribution in [0.1, 0.15) is 18.1 Å². The maximum Gasteiger partial charge on any atom is 0.0922 e. The molecule has 2 aromatic rings. The lowest BCUT2D eigenvalue weighted by Gasteiger charge is -2.21. The summed E-state index contributed by atoms with van der Waals surface area (Å²) in [5.74, 6) is 0.606. The first-order valence-corrected chi connectivity index (χ1v) is 7.65. The number of fused-ring (bicyclic) bond motifs is 1. The first-order valence-electron chi connectivity index (χ1n) is 7.65. The van der Waals surface area contributed by atoms with Crippen LogP contribution >= 0.6 is 0 Å². The molecule has 0 bridgehead atoms. The Hall–Kier alpha value is -1.42. The molecule has 1 aliphatic heterocycles. The summed E-state index contributed by atoms with van der Waals surface area (Å²) in [6.45, 7) is 3.60. The SMILES string of the molecule is COCC1CCN(CC(O)c2cccc3ccccc23)C1. The molecule has 0 saturated carbocycles. The van der Waals surface area contributed by atoms with Crippen molar-refractivity contribution in [1.82, 2.24) is 4.90 Å². The number of aliphatic hydroxyl groups excluding tert-OH is 1. The van der Waals surface area contributed by atoms with Gasteiger partial charge in [-0.1, -0.05) is 42.5 Å². The minimum Gasteiger partial charge on any atom is -0.387 e. The van der Waals surface area contributed by atoms with Gasteiger partial charge in [-0.25, -0.2) is 0 Å².